The van der Waals surface area contributed by atoms with E-state index in [1.807, 2.05) is 0 Å². The molecule has 0 bridgehead atoms. The number of aromatic nitrogens is 8. The minimum Gasteiger partial charge on any atom is -0.386 e. The molecule has 3 fully saturated rings. The number of imide groups is 1. The van der Waals surface area contributed by atoms with Gasteiger partial charge in [0.2, 0.25) is 17.8 Å². The van der Waals surface area contributed by atoms with E-state index in [1.54, 1.807) is 0 Å². The summed E-state index contributed by atoms with van der Waals surface area (Å²) in [4.78, 5) is 108. The van der Waals surface area contributed by atoms with E-state index < -0.39 is 105 Å². The molecule has 4 aliphatic heterocycles. The van der Waals surface area contributed by atoms with Crippen LogP contribution >= 0.6 is 25.8 Å². The number of imidazole rings is 2. The number of carbonyl (C=O) groups excluding carboxylic acids is 4. The first-order valence-corrected chi connectivity index (χ1v) is 28.1. The fourth-order valence-electron chi connectivity index (χ4n) is 8.14. The van der Waals surface area contributed by atoms with Gasteiger partial charge in [0.1, 0.15) is 42.3 Å². The molecule has 0 spiro atoms. The summed E-state index contributed by atoms with van der Waals surface area (Å²) in [7, 11) is 0. The predicted octanol–water partition coefficient (Wildman–Crippen LogP) is -1.75. The summed E-state index contributed by atoms with van der Waals surface area (Å²) in [5.41, 5.74) is 9.86. The molecular formula is C39H52N12O19P2S2. The maximum atomic E-state index is 14.1. The fraction of sp³-hybridized carbons (Fsp3) is 0.590. The van der Waals surface area contributed by atoms with Gasteiger partial charge in [-0.2, -0.15) is 9.97 Å². The van der Waals surface area contributed by atoms with Crippen LogP contribution in [0.1, 0.15) is 38.1 Å². The monoisotopic (exact) mass is 1120 g/mol. The number of ether oxygens (including phenoxy) is 6. The molecule has 3 saturated heterocycles. The Bertz CT molecular complexity index is 2940. The second kappa shape index (κ2) is 24.4. The van der Waals surface area contributed by atoms with Crippen LogP contribution in [-0.4, -0.2) is 187 Å². The highest BCUT2D eigenvalue weighted by atomic mass is 32.7. The molecular weight excluding hydrogens is 1070 g/mol. The van der Waals surface area contributed by atoms with E-state index in [9.17, 15) is 43.3 Å². The maximum Gasteiger partial charge on any atom is 0.386 e. The molecule has 0 aliphatic carbocycles. The molecule has 9 N–H and O–H groups in total. The number of thiol groups is 1. The molecule has 74 heavy (non-hydrogen) atoms. The van der Waals surface area contributed by atoms with E-state index in [1.165, 1.54) is 27.6 Å². The van der Waals surface area contributed by atoms with E-state index >= 15 is 0 Å². The normalized spacial score (nSPS) is 28.4. The summed E-state index contributed by atoms with van der Waals surface area (Å²) in [5.74, 6) is -2.05. The lowest BCUT2D eigenvalue weighted by Gasteiger charge is -2.30. The molecule has 0 aromatic carbocycles. The SMILES string of the molecule is Nc1nc2c(ncn2[C@@H]2O[C@@H]3COP(=O)(S)OC4[C@@H](COP(O)(=S)OC3[C@@H]2O)O[C@@H](n2cnc3c(=O)[nH]c(N)nc32)[C@H]4NC(=O)CCOCCOCCOCCOCCCC(=O)CCN2C(=O)C=CC2=O)c(=O)[nH]1. The standard InChI is InChI=1S/C39H52N12O19P2S2/c40-38-45-32-27(34(57)47-38)42-18-50(32)36-26(44-23(53)6-9-62-11-13-64-15-14-63-12-10-61-8-1-2-20(52)5-7-49-24(54)3-4-25(49)55)30-21(67-36)16-65-72(60,74)70-31-22(17-66-71(59,73)69-30)68-37(29(31)56)51-19-43-28-33(51)46-39(41)48-35(28)58/h3-4,18-19,21-22,26,29-31,36-37,56H,1-2,5-17H2,(H,44,53)(H,59,73)(H,60,74)(H3,40,45,47,57)(H3,41,46,48,58)/t21-,22-,26+,29+,30?,31?,36-,37-,71?,72?/m1/s1. The number of anilines is 2. The van der Waals surface area contributed by atoms with Crippen LogP contribution in [0.5, 0.6) is 0 Å². The van der Waals surface area contributed by atoms with E-state index in [-0.39, 0.29) is 98.8 Å². The van der Waals surface area contributed by atoms with Crippen LogP contribution in [0.2, 0.25) is 0 Å². The molecule has 10 atom stereocenters. The Morgan fingerprint density at radius 1 is 0.770 bits per heavy atom. The van der Waals surface area contributed by atoms with Crippen LogP contribution in [0.15, 0.2) is 34.4 Å². The quantitative estimate of drug-likeness (QED) is 0.0187. The summed E-state index contributed by atoms with van der Waals surface area (Å²) in [5, 5.41) is 14.3. The molecule has 31 nitrogen and oxygen atoms in total. The highest BCUT2D eigenvalue weighted by Crippen LogP contribution is 2.58. The van der Waals surface area contributed by atoms with Gasteiger partial charge in [0.25, 0.3) is 22.9 Å². The van der Waals surface area contributed by atoms with Crippen LogP contribution in [0.25, 0.3) is 22.3 Å². The van der Waals surface area contributed by atoms with Gasteiger partial charge in [-0.3, -0.25) is 66.3 Å². The molecule has 404 valence electrons. The van der Waals surface area contributed by atoms with Crippen LogP contribution < -0.4 is 27.9 Å². The summed E-state index contributed by atoms with van der Waals surface area (Å²) >= 11 is 9.58. The number of nitrogens with one attached hydrogen (secondary N) is 3. The number of carbonyl (C=O) groups is 4. The second-order valence-electron chi connectivity index (χ2n) is 16.7. The number of aliphatic hydroxyl groups is 1. The number of amides is 3. The first-order chi connectivity index (χ1) is 35.4. The lowest BCUT2D eigenvalue weighted by molar-refractivity contribution is -0.137. The third-order valence-corrected chi connectivity index (χ3v) is 14.8. The van der Waals surface area contributed by atoms with E-state index in [4.69, 9.17) is 69.8 Å². The number of H-pyrrole nitrogens is 2. The topological polar surface area (TPSA) is 413 Å². The molecule has 4 aliphatic rings. The molecule has 4 aromatic rings. The molecule has 3 amide bonds. The van der Waals surface area contributed by atoms with Crippen molar-refractivity contribution in [2.75, 3.05) is 84.1 Å². The molecule has 8 rings (SSSR count). The van der Waals surface area contributed by atoms with Crippen molar-refractivity contribution in [2.24, 2.45) is 0 Å². The first kappa shape index (κ1) is 55.3. The number of nitrogen functional groups attached to an aromatic ring is 2. The molecule has 4 aromatic heterocycles. The first-order valence-electron chi connectivity index (χ1n) is 22.8. The summed E-state index contributed by atoms with van der Waals surface area (Å²) < 4.78 is 74.4. The number of rotatable bonds is 22. The largest absolute Gasteiger partial charge is 0.386 e. The number of hydrogen-bond donors (Lipinski definition) is 8. The van der Waals surface area contributed by atoms with Gasteiger partial charge in [-0.15, -0.1) is 0 Å². The number of aromatic amines is 2. The van der Waals surface area contributed by atoms with E-state index in [0.29, 0.717) is 26.2 Å². The third kappa shape index (κ3) is 13.5. The number of ketones is 1. The number of Topliss-reactive ketones (excluding diaryl/α,β-unsaturated/α-hetero) is 1. The number of fused-ring (bicyclic) bond motifs is 4. The van der Waals surface area contributed by atoms with E-state index in [2.05, 4.69) is 47.5 Å². The van der Waals surface area contributed by atoms with Crippen molar-refractivity contribution in [3.63, 3.8) is 0 Å². The lowest BCUT2D eigenvalue weighted by atomic mass is 10.1. The average molecular weight is 1120 g/mol. The Hall–Kier alpha value is -4.93. The highest BCUT2D eigenvalue weighted by molar-refractivity contribution is 8.44. The Labute approximate surface area is 427 Å². The van der Waals surface area contributed by atoms with Crippen molar-refractivity contribution in [1.29, 1.82) is 0 Å². The minimum atomic E-state index is -4.53. The van der Waals surface area contributed by atoms with Gasteiger partial charge >= 0.3 is 13.5 Å². The van der Waals surface area contributed by atoms with Crippen LogP contribution in [0.3, 0.4) is 0 Å². The van der Waals surface area contributed by atoms with Gasteiger partial charge in [-0.25, -0.2) is 14.5 Å². The van der Waals surface area contributed by atoms with Gasteiger partial charge in [-0.05, 0) is 18.2 Å². The van der Waals surface area contributed by atoms with Crippen LogP contribution in [0.4, 0.5) is 11.9 Å². The molecule has 4 unspecified atom stereocenters. The molecule has 0 saturated carbocycles. The van der Waals surface area contributed by atoms with Crippen molar-refractivity contribution in [3.8, 4) is 0 Å². The zero-order valence-electron chi connectivity index (χ0n) is 38.9. The number of nitrogens with zero attached hydrogens (tertiary/aromatic N) is 7. The lowest BCUT2D eigenvalue weighted by Crippen LogP contribution is -2.48. The average Bonchev–Trinajstić information content (AvgIpc) is 4.16. The van der Waals surface area contributed by atoms with Crippen LogP contribution in [0, 0.1) is 0 Å². The third-order valence-electron chi connectivity index (χ3n) is 11.6. The van der Waals surface area contributed by atoms with Crippen molar-refractivity contribution in [3.05, 3.63) is 45.5 Å². The second-order valence-corrected chi connectivity index (χ2v) is 22.4. The van der Waals surface area contributed by atoms with Crippen molar-refractivity contribution in [1.82, 2.24) is 49.3 Å². The van der Waals surface area contributed by atoms with E-state index in [0.717, 1.165) is 11.2 Å². The highest BCUT2D eigenvalue weighted by Gasteiger charge is 2.54. The fourth-order valence-corrected chi connectivity index (χ4v) is 11.1. The molecule has 35 heteroatoms. The maximum absolute atomic E-state index is 14.1. The summed E-state index contributed by atoms with van der Waals surface area (Å²) in [6.45, 7) is -8.51. The van der Waals surface area contributed by atoms with Gasteiger partial charge in [0.05, 0.1) is 72.1 Å². The minimum absolute atomic E-state index is 0.0556. The summed E-state index contributed by atoms with van der Waals surface area (Å²) in [6.07, 6.45) is -4.76. The van der Waals surface area contributed by atoms with Crippen molar-refractivity contribution in [2.45, 2.75) is 74.7 Å². The van der Waals surface area contributed by atoms with Crippen molar-refractivity contribution < 1.29 is 80.3 Å². The predicted molar refractivity (Wildman–Crippen MR) is 258 cm³/mol. The number of nitrogens with two attached hydrogens (primary N) is 2. The molecule has 0 radical (unpaired) electrons. The number of hydrogen-bond acceptors (Lipinski definition) is 25. The smallest absolute Gasteiger partial charge is 0.386 e. The van der Waals surface area contributed by atoms with Gasteiger partial charge < -0.3 is 59.7 Å². The zero-order chi connectivity index (χ0) is 52.7. The van der Waals surface area contributed by atoms with Gasteiger partial charge in [-0.1, -0.05) is 12.2 Å². The Balaban J connectivity index is 0.827. The number of aliphatic hydroxyl groups excluding tert-OH is 1. The zero-order valence-corrected chi connectivity index (χ0v) is 42.4. The van der Waals surface area contributed by atoms with Gasteiger partial charge in [0.15, 0.2) is 34.8 Å². The van der Waals surface area contributed by atoms with Crippen LogP contribution in [-0.2, 0) is 82.1 Å². The molecule has 8 heterocycles. The van der Waals surface area contributed by atoms with Crippen molar-refractivity contribution >= 4 is 95.3 Å². The Morgan fingerprint density at radius 3 is 1.91 bits per heavy atom. The Kier molecular flexibility index (Phi) is 18.2. The Morgan fingerprint density at radius 2 is 1.30 bits per heavy atom. The van der Waals surface area contributed by atoms with Gasteiger partial charge in [0, 0.05) is 44.6 Å². The summed E-state index contributed by atoms with van der Waals surface area (Å²) in [6, 6.07) is -1.31.